The summed E-state index contributed by atoms with van der Waals surface area (Å²) >= 11 is 0. The number of hydrogen-bond donors (Lipinski definition) is 6. The summed E-state index contributed by atoms with van der Waals surface area (Å²) in [7, 11) is 0. The summed E-state index contributed by atoms with van der Waals surface area (Å²) in [6.07, 6.45) is 2.79. The van der Waals surface area contributed by atoms with E-state index in [0.717, 1.165) is 57.8 Å². The highest BCUT2D eigenvalue weighted by Crippen LogP contribution is 2.31. The molecule has 12 heteroatoms. The molecule has 43 heavy (non-hydrogen) atoms. The lowest BCUT2D eigenvalue weighted by Crippen LogP contribution is -2.65. The third kappa shape index (κ3) is 11.3. The molecule has 0 aliphatic carbocycles. The molecule has 0 aromatic carbocycles. The molecule has 4 rings (SSSR count). The van der Waals surface area contributed by atoms with E-state index < -0.39 is 80.6 Å². The van der Waals surface area contributed by atoms with Gasteiger partial charge in [0.1, 0.15) is 42.7 Å². The number of aliphatic hydroxyl groups is 6. The van der Waals surface area contributed by atoms with Crippen molar-refractivity contribution in [2.45, 2.75) is 164 Å². The number of fused-ring (bicyclic) bond motifs is 20. The van der Waals surface area contributed by atoms with Crippen molar-refractivity contribution in [3.05, 3.63) is 12.2 Å². The lowest BCUT2D eigenvalue weighted by Gasteiger charge is -2.46. The first-order chi connectivity index (χ1) is 20.8. The molecule has 0 saturated carbocycles. The lowest BCUT2D eigenvalue weighted by molar-refractivity contribution is -0.371. The number of ether oxygens (including phenoxy) is 5. The smallest absolute Gasteiger partial charge is 0.306 e. The molecular weight excluding hydrogens is 564 g/mol. The van der Waals surface area contributed by atoms with Crippen LogP contribution in [-0.2, 0) is 28.5 Å². The van der Waals surface area contributed by atoms with Crippen LogP contribution in [0.5, 0.6) is 0 Å². The van der Waals surface area contributed by atoms with Crippen LogP contribution in [-0.4, -0.2) is 117 Å². The molecule has 11 atom stereocenters. The highest BCUT2D eigenvalue weighted by molar-refractivity contribution is 5.69. The first-order valence-corrected chi connectivity index (χ1v) is 16.2. The normalized spacial score (nSPS) is 41.5. The fourth-order valence-corrected chi connectivity index (χ4v) is 5.81. The van der Waals surface area contributed by atoms with Crippen LogP contribution in [0.15, 0.2) is 12.2 Å². The van der Waals surface area contributed by atoms with Gasteiger partial charge in [-0.25, -0.2) is 0 Å². The Morgan fingerprint density at radius 1 is 0.628 bits per heavy atom. The SMILES string of the molecule is CC1CCCCC/C=C\CCCCCCCCCC(=O)O[C@@H]2C(CO)O[C@@H](O[C@H]3C(O)[C@H](O)C(CO)O[C@H]3O1)[C@@H](O)C2O. The average Bonchev–Trinajstić information content (AvgIpc) is 2.99. The van der Waals surface area contributed by atoms with Crippen LogP contribution in [0.4, 0.5) is 0 Å². The number of esters is 1. The third-order valence-corrected chi connectivity index (χ3v) is 8.47. The third-order valence-electron chi connectivity index (χ3n) is 8.47. The summed E-state index contributed by atoms with van der Waals surface area (Å²) in [5, 5.41) is 62.7. The summed E-state index contributed by atoms with van der Waals surface area (Å²) < 4.78 is 28.7. The summed E-state index contributed by atoms with van der Waals surface area (Å²) in [5.74, 6) is -0.571. The van der Waals surface area contributed by atoms with Gasteiger partial charge in [0.2, 0.25) is 0 Å². The number of carbonyl (C=O) groups is 1. The maximum atomic E-state index is 12.5. The van der Waals surface area contributed by atoms with E-state index in [0.29, 0.717) is 12.8 Å². The van der Waals surface area contributed by atoms with Crippen LogP contribution >= 0.6 is 0 Å². The predicted octanol–water partition coefficient (Wildman–Crippen LogP) is 1.60. The van der Waals surface area contributed by atoms with Crippen LogP contribution in [0.1, 0.15) is 96.8 Å². The summed E-state index contributed by atoms with van der Waals surface area (Å²) in [6.45, 7) is 0.625. The minimum Gasteiger partial charge on any atom is -0.457 e. The van der Waals surface area contributed by atoms with Gasteiger partial charge in [0, 0.05) is 6.42 Å². The van der Waals surface area contributed by atoms with E-state index in [4.69, 9.17) is 23.7 Å². The molecule has 0 aromatic rings. The Hall–Kier alpha value is -1.19. The largest absolute Gasteiger partial charge is 0.457 e. The van der Waals surface area contributed by atoms with Gasteiger partial charge in [-0.05, 0) is 45.4 Å². The highest BCUT2D eigenvalue weighted by Gasteiger charge is 2.52. The minimum atomic E-state index is -1.73. The number of rotatable bonds is 2. The van der Waals surface area contributed by atoms with E-state index in [1.165, 1.54) is 12.8 Å². The molecule has 0 amide bonds. The summed E-state index contributed by atoms with van der Waals surface area (Å²) in [6, 6.07) is 0. The summed E-state index contributed by atoms with van der Waals surface area (Å²) in [4.78, 5) is 12.5. The number of allylic oxidation sites excluding steroid dienone is 2. The quantitative estimate of drug-likeness (QED) is 0.194. The molecule has 4 aliphatic rings. The molecule has 5 unspecified atom stereocenters. The second kappa shape index (κ2) is 19.4. The first-order valence-electron chi connectivity index (χ1n) is 16.2. The van der Waals surface area contributed by atoms with Gasteiger partial charge < -0.3 is 54.3 Å². The molecule has 2 fully saturated rings. The van der Waals surface area contributed by atoms with Gasteiger partial charge in [0.05, 0.1) is 19.3 Å². The number of aliphatic hydroxyl groups excluding tert-OH is 6. The van der Waals surface area contributed by atoms with Crippen LogP contribution in [0.25, 0.3) is 0 Å². The van der Waals surface area contributed by atoms with Crippen molar-refractivity contribution in [1.82, 2.24) is 0 Å². The summed E-state index contributed by atoms with van der Waals surface area (Å²) in [5.41, 5.74) is 0. The van der Waals surface area contributed by atoms with E-state index in [2.05, 4.69) is 12.2 Å². The Balaban J connectivity index is 1.70. The van der Waals surface area contributed by atoms with Crippen LogP contribution in [0.3, 0.4) is 0 Å². The van der Waals surface area contributed by atoms with Gasteiger partial charge in [-0.3, -0.25) is 4.79 Å². The topological polar surface area (TPSA) is 185 Å². The van der Waals surface area contributed by atoms with Gasteiger partial charge in [0.15, 0.2) is 18.7 Å². The van der Waals surface area contributed by atoms with Gasteiger partial charge in [-0.2, -0.15) is 0 Å². The minimum absolute atomic E-state index is 0.134. The molecule has 250 valence electrons. The second-order valence-corrected chi connectivity index (χ2v) is 12.0. The van der Waals surface area contributed by atoms with Gasteiger partial charge in [0.25, 0.3) is 0 Å². The van der Waals surface area contributed by atoms with E-state index in [1.54, 1.807) is 0 Å². The van der Waals surface area contributed by atoms with Crippen molar-refractivity contribution in [1.29, 1.82) is 0 Å². The second-order valence-electron chi connectivity index (χ2n) is 12.0. The van der Waals surface area contributed by atoms with Gasteiger partial charge in [-0.15, -0.1) is 0 Å². The molecule has 2 saturated heterocycles. The van der Waals surface area contributed by atoms with E-state index >= 15 is 0 Å². The van der Waals surface area contributed by atoms with Crippen LogP contribution in [0, 0.1) is 0 Å². The van der Waals surface area contributed by atoms with E-state index in [9.17, 15) is 35.4 Å². The fourth-order valence-electron chi connectivity index (χ4n) is 5.81. The molecular formula is C31H54O12. The zero-order valence-electron chi connectivity index (χ0n) is 25.5. The van der Waals surface area contributed by atoms with E-state index in [-0.39, 0.29) is 12.5 Å². The molecule has 4 aliphatic heterocycles. The molecule has 0 aromatic heterocycles. The Bertz CT molecular complexity index is 810. The van der Waals surface area contributed by atoms with E-state index in [1.807, 2.05) is 6.92 Å². The molecule has 2 bridgehead atoms. The van der Waals surface area contributed by atoms with Crippen molar-refractivity contribution < 1.29 is 59.1 Å². The zero-order chi connectivity index (χ0) is 31.2. The fraction of sp³-hybridized carbons (Fsp3) is 0.903. The number of carbonyl (C=O) groups excluding carboxylic acids is 1. The average molecular weight is 619 g/mol. The molecule has 0 spiro atoms. The molecule has 0 radical (unpaired) electrons. The maximum Gasteiger partial charge on any atom is 0.306 e. The van der Waals surface area contributed by atoms with Gasteiger partial charge in [-0.1, -0.05) is 57.1 Å². The molecule has 6 N–H and O–H groups in total. The highest BCUT2D eigenvalue weighted by atomic mass is 16.8. The Morgan fingerprint density at radius 2 is 1.19 bits per heavy atom. The van der Waals surface area contributed by atoms with Crippen LogP contribution < -0.4 is 0 Å². The predicted molar refractivity (Wildman–Crippen MR) is 155 cm³/mol. The Morgan fingerprint density at radius 3 is 1.84 bits per heavy atom. The molecule has 12 nitrogen and oxygen atoms in total. The van der Waals surface area contributed by atoms with Crippen molar-refractivity contribution in [2.24, 2.45) is 0 Å². The van der Waals surface area contributed by atoms with Crippen molar-refractivity contribution in [3.8, 4) is 0 Å². The van der Waals surface area contributed by atoms with Gasteiger partial charge >= 0.3 is 5.97 Å². The standard InChI is InChI=1S/C31H54O12/c1-20-16-14-12-10-8-6-4-2-3-5-7-9-11-13-15-17-23(34)42-28-22(19-33)41-30(27(38)26(28)37)43-29-25(36)24(35)21(18-32)40-31(29)39-20/h4,6,20-22,24-33,35-38H,2-3,5,7-19H2,1H3/b6-4-/t20?,21?,22?,24-,25?,26?,27+,28-,29+,30+,31-/m1/s1. The Kier molecular flexibility index (Phi) is 16.3. The van der Waals surface area contributed by atoms with Crippen molar-refractivity contribution in [3.63, 3.8) is 0 Å². The van der Waals surface area contributed by atoms with Crippen LogP contribution in [0.2, 0.25) is 0 Å². The number of hydrogen-bond acceptors (Lipinski definition) is 12. The first kappa shape index (κ1) is 36.3. The van der Waals surface area contributed by atoms with Crippen molar-refractivity contribution in [2.75, 3.05) is 13.2 Å². The lowest BCUT2D eigenvalue weighted by atomic mass is 9.97. The molecule has 4 heterocycles. The maximum absolute atomic E-state index is 12.5. The monoisotopic (exact) mass is 618 g/mol. The van der Waals surface area contributed by atoms with Crippen molar-refractivity contribution >= 4 is 5.97 Å². The zero-order valence-corrected chi connectivity index (χ0v) is 25.5. The Labute approximate surface area is 254 Å².